The Morgan fingerprint density at radius 1 is 1.05 bits per heavy atom. The molecule has 1 atom stereocenters. The number of hydrogen-bond donors (Lipinski definition) is 1. The Labute approximate surface area is 127 Å². The third-order valence-corrected chi connectivity index (χ3v) is 5.00. The predicted molar refractivity (Wildman–Crippen MR) is 90.3 cm³/mol. The molecule has 2 aromatic carbocycles. The van der Waals surface area contributed by atoms with E-state index in [0.29, 0.717) is 18.0 Å². The Kier molecular flexibility index (Phi) is 4.01. The van der Waals surface area contributed by atoms with Crippen LogP contribution in [0.1, 0.15) is 38.3 Å². The van der Waals surface area contributed by atoms with Crippen molar-refractivity contribution in [2.45, 2.75) is 32.7 Å². The smallest absolute Gasteiger partial charge is 0.0476 e. The van der Waals surface area contributed by atoms with Crippen molar-refractivity contribution in [1.82, 2.24) is 4.90 Å². The summed E-state index contributed by atoms with van der Waals surface area (Å²) in [6, 6.07) is 15.6. The van der Waals surface area contributed by atoms with E-state index in [1.807, 2.05) is 0 Å². The summed E-state index contributed by atoms with van der Waals surface area (Å²) in [7, 11) is 0. The molecule has 0 saturated carbocycles. The lowest BCUT2D eigenvalue weighted by Gasteiger charge is -2.41. The van der Waals surface area contributed by atoms with Crippen LogP contribution >= 0.6 is 0 Å². The van der Waals surface area contributed by atoms with Crippen molar-refractivity contribution in [3.8, 4) is 0 Å². The molecule has 1 unspecified atom stereocenters. The van der Waals surface area contributed by atoms with E-state index in [9.17, 15) is 0 Å². The van der Waals surface area contributed by atoms with Gasteiger partial charge in [0.25, 0.3) is 0 Å². The fraction of sp³-hybridized carbons (Fsp3) is 0.474. The average Bonchev–Trinajstić information content (AvgIpc) is 2.50. The maximum atomic E-state index is 6.15. The number of hydrogen-bond acceptors (Lipinski definition) is 2. The molecule has 2 nitrogen and oxygen atoms in total. The van der Waals surface area contributed by atoms with Gasteiger partial charge in [-0.05, 0) is 47.7 Å². The third-order valence-electron chi connectivity index (χ3n) is 5.00. The molecule has 1 fully saturated rings. The quantitative estimate of drug-likeness (QED) is 0.923. The van der Waals surface area contributed by atoms with Gasteiger partial charge < -0.3 is 5.73 Å². The third kappa shape index (κ3) is 2.97. The summed E-state index contributed by atoms with van der Waals surface area (Å²) in [5.74, 6) is 0. The van der Waals surface area contributed by atoms with Crippen molar-refractivity contribution in [2.75, 3.05) is 19.6 Å². The van der Waals surface area contributed by atoms with Crippen molar-refractivity contribution in [2.24, 2.45) is 11.1 Å². The standard InChI is InChI=1S/C19H26N2/c1-19(2)10-12-21(13-11-19)18(14-20)17-9-5-7-15-6-3-4-8-16(15)17/h3-9,18H,10-14,20H2,1-2H3. The van der Waals surface area contributed by atoms with Crippen LogP contribution in [-0.2, 0) is 0 Å². The van der Waals surface area contributed by atoms with Crippen molar-refractivity contribution in [3.63, 3.8) is 0 Å². The summed E-state index contributed by atoms with van der Waals surface area (Å²) in [6.07, 6.45) is 2.52. The van der Waals surface area contributed by atoms with Crippen LogP contribution in [0.25, 0.3) is 10.8 Å². The van der Waals surface area contributed by atoms with E-state index in [2.05, 4.69) is 61.2 Å². The molecule has 2 heteroatoms. The van der Waals surface area contributed by atoms with Crippen LogP contribution in [0.4, 0.5) is 0 Å². The molecule has 0 radical (unpaired) electrons. The van der Waals surface area contributed by atoms with Crippen molar-refractivity contribution >= 4 is 10.8 Å². The van der Waals surface area contributed by atoms with Crippen LogP contribution in [-0.4, -0.2) is 24.5 Å². The van der Waals surface area contributed by atoms with Crippen LogP contribution in [0.2, 0.25) is 0 Å². The summed E-state index contributed by atoms with van der Waals surface area (Å²) in [5.41, 5.74) is 8.02. The molecule has 3 rings (SSSR count). The van der Waals surface area contributed by atoms with Crippen LogP contribution in [0.15, 0.2) is 42.5 Å². The first-order chi connectivity index (χ1) is 10.1. The predicted octanol–water partition coefficient (Wildman–Crippen LogP) is 3.96. The molecular formula is C19H26N2. The lowest BCUT2D eigenvalue weighted by molar-refractivity contribution is 0.0969. The Bertz CT molecular complexity index is 602. The summed E-state index contributed by atoms with van der Waals surface area (Å²) in [6.45, 7) is 7.74. The first-order valence-corrected chi connectivity index (χ1v) is 8.02. The molecule has 0 spiro atoms. The van der Waals surface area contributed by atoms with Gasteiger partial charge in [-0.1, -0.05) is 56.3 Å². The minimum Gasteiger partial charge on any atom is -0.329 e. The highest BCUT2D eigenvalue weighted by Gasteiger charge is 2.29. The van der Waals surface area contributed by atoms with Gasteiger partial charge in [-0.2, -0.15) is 0 Å². The van der Waals surface area contributed by atoms with Crippen molar-refractivity contribution < 1.29 is 0 Å². The van der Waals surface area contributed by atoms with E-state index in [1.54, 1.807) is 0 Å². The minimum atomic E-state index is 0.340. The fourth-order valence-corrected chi connectivity index (χ4v) is 3.45. The van der Waals surface area contributed by atoms with Crippen LogP contribution in [0.3, 0.4) is 0 Å². The van der Waals surface area contributed by atoms with Gasteiger partial charge in [-0.15, -0.1) is 0 Å². The van der Waals surface area contributed by atoms with Gasteiger partial charge in [0.1, 0.15) is 0 Å². The van der Waals surface area contributed by atoms with Gasteiger partial charge in [-0.3, -0.25) is 4.90 Å². The topological polar surface area (TPSA) is 29.3 Å². The second-order valence-corrected chi connectivity index (χ2v) is 7.02. The molecule has 112 valence electrons. The maximum Gasteiger partial charge on any atom is 0.0476 e. The fourth-order valence-electron chi connectivity index (χ4n) is 3.45. The van der Waals surface area contributed by atoms with E-state index in [-0.39, 0.29) is 0 Å². The second-order valence-electron chi connectivity index (χ2n) is 7.02. The number of nitrogens with zero attached hydrogens (tertiary/aromatic N) is 1. The highest BCUT2D eigenvalue weighted by molar-refractivity contribution is 5.86. The van der Waals surface area contributed by atoms with Gasteiger partial charge >= 0.3 is 0 Å². The zero-order chi connectivity index (χ0) is 14.9. The van der Waals surface area contributed by atoms with Crippen LogP contribution in [0.5, 0.6) is 0 Å². The van der Waals surface area contributed by atoms with Gasteiger partial charge in [0.05, 0.1) is 0 Å². The van der Waals surface area contributed by atoms with Gasteiger partial charge in [0.2, 0.25) is 0 Å². The number of benzene rings is 2. The molecule has 1 aliphatic rings. The Balaban J connectivity index is 1.92. The second kappa shape index (κ2) is 5.78. The van der Waals surface area contributed by atoms with Gasteiger partial charge in [0.15, 0.2) is 0 Å². The summed E-state index contributed by atoms with van der Waals surface area (Å²) < 4.78 is 0. The molecule has 0 aromatic heterocycles. The largest absolute Gasteiger partial charge is 0.329 e. The first kappa shape index (κ1) is 14.6. The molecule has 1 heterocycles. The molecule has 1 aliphatic heterocycles. The summed E-state index contributed by atoms with van der Waals surface area (Å²) in [4.78, 5) is 2.58. The Morgan fingerprint density at radius 2 is 1.71 bits per heavy atom. The molecular weight excluding hydrogens is 256 g/mol. The Morgan fingerprint density at radius 3 is 2.43 bits per heavy atom. The van der Waals surface area contributed by atoms with E-state index in [0.717, 1.165) is 13.1 Å². The van der Waals surface area contributed by atoms with E-state index in [4.69, 9.17) is 5.73 Å². The molecule has 0 aliphatic carbocycles. The number of piperidine rings is 1. The summed E-state index contributed by atoms with van der Waals surface area (Å²) in [5, 5.41) is 2.66. The Hall–Kier alpha value is -1.38. The van der Waals surface area contributed by atoms with Crippen LogP contribution in [0, 0.1) is 5.41 Å². The average molecular weight is 282 g/mol. The van der Waals surface area contributed by atoms with E-state index in [1.165, 1.54) is 29.2 Å². The first-order valence-electron chi connectivity index (χ1n) is 8.02. The monoisotopic (exact) mass is 282 g/mol. The molecule has 21 heavy (non-hydrogen) atoms. The number of rotatable bonds is 3. The maximum absolute atomic E-state index is 6.15. The zero-order valence-corrected chi connectivity index (χ0v) is 13.2. The molecule has 0 amide bonds. The highest BCUT2D eigenvalue weighted by atomic mass is 15.2. The minimum absolute atomic E-state index is 0.340. The SMILES string of the molecule is CC1(C)CCN(C(CN)c2cccc3ccccc23)CC1. The van der Waals surface area contributed by atoms with Crippen LogP contribution < -0.4 is 5.73 Å². The lowest BCUT2D eigenvalue weighted by atomic mass is 9.81. The summed E-state index contributed by atoms with van der Waals surface area (Å²) >= 11 is 0. The van der Waals surface area contributed by atoms with Gasteiger partial charge in [-0.25, -0.2) is 0 Å². The number of nitrogens with two attached hydrogens (primary N) is 1. The highest BCUT2D eigenvalue weighted by Crippen LogP contribution is 2.35. The van der Waals surface area contributed by atoms with Gasteiger partial charge in [0, 0.05) is 12.6 Å². The normalized spacial score (nSPS) is 20.5. The molecule has 2 aromatic rings. The van der Waals surface area contributed by atoms with E-state index >= 15 is 0 Å². The zero-order valence-electron chi connectivity index (χ0n) is 13.2. The number of fused-ring (bicyclic) bond motifs is 1. The lowest BCUT2D eigenvalue weighted by Crippen LogP contribution is -2.42. The van der Waals surface area contributed by atoms with Crippen molar-refractivity contribution in [1.29, 1.82) is 0 Å². The van der Waals surface area contributed by atoms with Crippen molar-refractivity contribution in [3.05, 3.63) is 48.0 Å². The molecule has 1 saturated heterocycles. The molecule has 0 bridgehead atoms. The van der Waals surface area contributed by atoms with E-state index < -0.39 is 0 Å². The number of likely N-dealkylation sites (tertiary alicyclic amines) is 1. The molecule has 2 N–H and O–H groups in total.